The fraction of sp³-hybridized carbons (Fsp3) is 0.571. The predicted octanol–water partition coefficient (Wildman–Crippen LogP) is 1.50. The van der Waals surface area contributed by atoms with Gasteiger partial charge in [-0.25, -0.2) is 8.42 Å². The van der Waals surface area contributed by atoms with Crippen LogP contribution in [-0.2, 0) is 10.0 Å². The van der Waals surface area contributed by atoms with Crippen molar-refractivity contribution in [2.75, 3.05) is 27.3 Å². The number of benzene rings is 1. The summed E-state index contributed by atoms with van der Waals surface area (Å²) in [5, 5.41) is 3.28. The van der Waals surface area contributed by atoms with Crippen LogP contribution in [0.3, 0.4) is 0 Å². The smallest absolute Gasteiger partial charge is 0.243 e. The first kappa shape index (κ1) is 19.0. The van der Waals surface area contributed by atoms with Gasteiger partial charge in [-0.2, -0.15) is 4.31 Å². The van der Waals surface area contributed by atoms with Gasteiger partial charge in [0.15, 0.2) is 11.5 Å². The van der Waals surface area contributed by atoms with E-state index in [4.69, 9.17) is 9.47 Å². The normalized spacial score (nSPS) is 22.7. The first-order chi connectivity index (χ1) is 9.90. The minimum Gasteiger partial charge on any atom is -0.493 e. The van der Waals surface area contributed by atoms with Gasteiger partial charge in [0.05, 0.1) is 19.1 Å². The molecule has 0 bridgehead atoms. The summed E-state index contributed by atoms with van der Waals surface area (Å²) < 4.78 is 37.5. The zero-order valence-corrected chi connectivity index (χ0v) is 14.8. The summed E-state index contributed by atoms with van der Waals surface area (Å²) in [6.45, 7) is 4.98. The van der Waals surface area contributed by atoms with Crippen LogP contribution in [0.4, 0.5) is 0 Å². The van der Waals surface area contributed by atoms with E-state index in [9.17, 15) is 8.42 Å². The molecular formula is C14H23ClN2O4S. The zero-order chi connectivity index (χ0) is 15.6. The van der Waals surface area contributed by atoms with Crippen LogP contribution >= 0.6 is 12.4 Å². The summed E-state index contributed by atoms with van der Waals surface area (Å²) in [4.78, 5) is 0.223. The second-order valence-corrected chi connectivity index (χ2v) is 7.14. The van der Waals surface area contributed by atoms with Crippen LogP contribution in [0.15, 0.2) is 23.1 Å². The number of rotatable bonds is 4. The highest BCUT2D eigenvalue weighted by Crippen LogP contribution is 2.31. The predicted molar refractivity (Wildman–Crippen MR) is 87.6 cm³/mol. The SMILES string of the molecule is COc1ccc(S(=O)(=O)N2CC(C)NCC2C)cc1OC.Cl. The van der Waals surface area contributed by atoms with E-state index in [2.05, 4.69) is 5.32 Å². The molecule has 126 valence electrons. The van der Waals surface area contributed by atoms with Gasteiger partial charge in [-0.1, -0.05) is 0 Å². The van der Waals surface area contributed by atoms with Crippen molar-refractivity contribution in [1.82, 2.24) is 9.62 Å². The number of ether oxygens (including phenoxy) is 2. The Hall–Kier alpha value is -1.02. The van der Waals surface area contributed by atoms with E-state index in [1.165, 1.54) is 24.6 Å². The second-order valence-electron chi connectivity index (χ2n) is 5.25. The van der Waals surface area contributed by atoms with Crippen molar-refractivity contribution >= 4 is 22.4 Å². The van der Waals surface area contributed by atoms with Gasteiger partial charge >= 0.3 is 0 Å². The van der Waals surface area contributed by atoms with Crippen molar-refractivity contribution in [2.24, 2.45) is 0 Å². The first-order valence-electron chi connectivity index (χ1n) is 6.87. The van der Waals surface area contributed by atoms with Crippen molar-refractivity contribution in [3.05, 3.63) is 18.2 Å². The number of piperazine rings is 1. The third-order valence-electron chi connectivity index (χ3n) is 3.67. The molecule has 0 aromatic heterocycles. The van der Waals surface area contributed by atoms with Gasteiger partial charge in [0.2, 0.25) is 10.0 Å². The standard InChI is InChI=1S/C14H22N2O4S.ClH/c1-10-9-16(11(2)8-15-10)21(17,18)12-5-6-13(19-3)14(7-12)20-4;/h5-7,10-11,15H,8-9H2,1-4H3;1H. The summed E-state index contributed by atoms with van der Waals surface area (Å²) in [7, 11) is -0.534. The van der Waals surface area contributed by atoms with E-state index in [-0.39, 0.29) is 29.4 Å². The van der Waals surface area contributed by atoms with E-state index < -0.39 is 10.0 Å². The van der Waals surface area contributed by atoms with Crippen LogP contribution in [0.1, 0.15) is 13.8 Å². The van der Waals surface area contributed by atoms with Crippen molar-refractivity contribution in [3.8, 4) is 11.5 Å². The molecule has 1 fully saturated rings. The van der Waals surface area contributed by atoms with Gasteiger partial charge in [-0.05, 0) is 26.0 Å². The second kappa shape index (κ2) is 7.50. The molecule has 1 aromatic rings. The third kappa shape index (κ3) is 3.65. The van der Waals surface area contributed by atoms with Crippen LogP contribution in [0.2, 0.25) is 0 Å². The van der Waals surface area contributed by atoms with Crippen LogP contribution in [-0.4, -0.2) is 52.1 Å². The van der Waals surface area contributed by atoms with Gasteiger partial charge in [-0.15, -0.1) is 12.4 Å². The van der Waals surface area contributed by atoms with Gasteiger partial charge < -0.3 is 14.8 Å². The third-order valence-corrected chi connectivity index (χ3v) is 5.64. The van der Waals surface area contributed by atoms with Crippen molar-refractivity contribution in [3.63, 3.8) is 0 Å². The number of halogens is 1. The highest BCUT2D eigenvalue weighted by Gasteiger charge is 2.33. The Bertz CT molecular complexity index is 609. The lowest BCUT2D eigenvalue weighted by Crippen LogP contribution is -2.56. The molecule has 1 aliphatic rings. The molecule has 2 rings (SSSR count). The maximum Gasteiger partial charge on any atom is 0.243 e. The molecule has 0 spiro atoms. The largest absolute Gasteiger partial charge is 0.493 e. The highest BCUT2D eigenvalue weighted by atomic mass is 35.5. The van der Waals surface area contributed by atoms with E-state index in [1.54, 1.807) is 12.1 Å². The minimum absolute atomic E-state index is 0. The Kier molecular flexibility index (Phi) is 6.49. The van der Waals surface area contributed by atoms with Crippen LogP contribution < -0.4 is 14.8 Å². The molecular weight excluding hydrogens is 328 g/mol. The average Bonchev–Trinajstić information content (AvgIpc) is 2.48. The van der Waals surface area contributed by atoms with E-state index >= 15 is 0 Å². The number of nitrogens with one attached hydrogen (secondary N) is 1. The van der Waals surface area contributed by atoms with Crippen LogP contribution in [0.5, 0.6) is 11.5 Å². The maximum absolute atomic E-state index is 12.8. The summed E-state index contributed by atoms with van der Waals surface area (Å²) in [5.41, 5.74) is 0. The Morgan fingerprint density at radius 1 is 1.18 bits per heavy atom. The fourth-order valence-corrected chi connectivity index (χ4v) is 4.17. The molecule has 1 heterocycles. The topological polar surface area (TPSA) is 67.9 Å². The molecule has 1 saturated heterocycles. The Morgan fingerprint density at radius 2 is 1.82 bits per heavy atom. The molecule has 6 nitrogen and oxygen atoms in total. The molecule has 0 aliphatic carbocycles. The van der Waals surface area contributed by atoms with Crippen molar-refractivity contribution in [2.45, 2.75) is 30.8 Å². The van der Waals surface area contributed by atoms with E-state index in [0.29, 0.717) is 24.6 Å². The first-order valence-corrected chi connectivity index (χ1v) is 8.31. The molecule has 2 atom stereocenters. The fourth-order valence-electron chi connectivity index (χ4n) is 2.44. The van der Waals surface area contributed by atoms with Crippen molar-refractivity contribution < 1.29 is 17.9 Å². The minimum atomic E-state index is -3.54. The van der Waals surface area contributed by atoms with E-state index in [0.717, 1.165) is 0 Å². The molecule has 0 saturated carbocycles. The number of nitrogens with zero attached hydrogens (tertiary/aromatic N) is 1. The molecule has 2 unspecified atom stereocenters. The Labute approximate surface area is 138 Å². The summed E-state index contributed by atoms with van der Waals surface area (Å²) >= 11 is 0. The lowest BCUT2D eigenvalue weighted by molar-refractivity contribution is 0.244. The van der Waals surface area contributed by atoms with E-state index in [1.807, 2.05) is 13.8 Å². The maximum atomic E-state index is 12.8. The highest BCUT2D eigenvalue weighted by molar-refractivity contribution is 7.89. The number of methoxy groups -OCH3 is 2. The quantitative estimate of drug-likeness (QED) is 0.891. The van der Waals surface area contributed by atoms with Crippen molar-refractivity contribution in [1.29, 1.82) is 0 Å². The monoisotopic (exact) mass is 350 g/mol. The number of hydrogen-bond donors (Lipinski definition) is 1. The average molecular weight is 351 g/mol. The summed E-state index contributed by atoms with van der Waals surface area (Å²) in [5.74, 6) is 0.924. The van der Waals surface area contributed by atoms with Gasteiger partial charge in [0, 0.05) is 31.2 Å². The Morgan fingerprint density at radius 3 is 2.41 bits per heavy atom. The number of sulfonamides is 1. The molecule has 22 heavy (non-hydrogen) atoms. The van der Waals surface area contributed by atoms with Crippen LogP contribution in [0.25, 0.3) is 0 Å². The molecule has 8 heteroatoms. The molecule has 1 N–H and O–H groups in total. The molecule has 1 aliphatic heterocycles. The molecule has 1 aromatic carbocycles. The molecule has 0 amide bonds. The summed E-state index contributed by atoms with van der Waals surface area (Å²) in [6.07, 6.45) is 0. The van der Waals surface area contributed by atoms with Gasteiger partial charge in [-0.3, -0.25) is 0 Å². The summed E-state index contributed by atoms with van der Waals surface area (Å²) in [6, 6.07) is 4.72. The molecule has 0 radical (unpaired) electrons. The number of hydrogen-bond acceptors (Lipinski definition) is 5. The van der Waals surface area contributed by atoms with Gasteiger partial charge in [0.25, 0.3) is 0 Å². The lowest BCUT2D eigenvalue weighted by Gasteiger charge is -2.36. The van der Waals surface area contributed by atoms with Gasteiger partial charge in [0.1, 0.15) is 0 Å². The Balaban J connectivity index is 0.00000242. The zero-order valence-electron chi connectivity index (χ0n) is 13.2. The van der Waals surface area contributed by atoms with Crippen LogP contribution in [0, 0.1) is 0 Å². The lowest BCUT2D eigenvalue weighted by atomic mass is 10.2.